The van der Waals surface area contributed by atoms with E-state index in [1.165, 1.54) is 0 Å². The van der Waals surface area contributed by atoms with Gasteiger partial charge in [0.15, 0.2) is 0 Å². The van der Waals surface area contributed by atoms with Gasteiger partial charge in [0.25, 0.3) is 0 Å². The van der Waals surface area contributed by atoms with Crippen LogP contribution in [0.15, 0.2) is 21.2 Å². The average Bonchev–Trinajstić information content (AvgIpc) is 2.32. The molecule has 0 spiro atoms. The predicted molar refractivity (Wildman–Crippen MR) is 57.7 cm³/mol. The first-order valence-electron chi connectivity index (χ1n) is 4.42. The van der Waals surface area contributed by atoms with Crippen molar-refractivity contribution >= 4 is 15.9 Å². The van der Waals surface area contributed by atoms with Crippen molar-refractivity contribution in [2.24, 2.45) is 5.73 Å². The summed E-state index contributed by atoms with van der Waals surface area (Å²) in [6, 6.07) is 2.10. The van der Waals surface area contributed by atoms with Gasteiger partial charge in [0.1, 0.15) is 5.76 Å². The first kappa shape index (κ1) is 10.8. The molecule has 0 saturated heterocycles. The average molecular weight is 246 g/mol. The monoisotopic (exact) mass is 245 g/mol. The summed E-state index contributed by atoms with van der Waals surface area (Å²) in [4.78, 5) is 0. The van der Waals surface area contributed by atoms with E-state index in [-0.39, 0.29) is 11.5 Å². The molecule has 1 aromatic rings. The van der Waals surface area contributed by atoms with E-state index < -0.39 is 0 Å². The number of furan rings is 1. The Morgan fingerprint density at radius 3 is 2.62 bits per heavy atom. The SMILES string of the molecule is CC(N)CC(C)(C)c1occc1Br. The van der Waals surface area contributed by atoms with Crippen LogP contribution >= 0.6 is 15.9 Å². The molecule has 13 heavy (non-hydrogen) atoms. The number of rotatable bonds is 3. The minimum absolute atomic E-state index is 0.00347. The summed E-state index contributed by atoms with van der Waals surface area (Å²) in [5.74, 6) is 0.977. The molecule has 1 rings (SSSR count). The first-order chi connectivity index (χ1) is 5.93. The molecule has 0 aromatic carbocycles. The van der Waals surface area contributed by atoms with Crippen molar-refractivity contribution < 1.29 is 4.42 Å². The highest BCUT2D eigenvalue weighted by atomic mass is 79.9. The lowest BCUT2D eigenvalue weighted by atomic mass is 9.84. The zero-order valence-electron chi connectivity index (χ0n) is 8.30. The Bertz CT molecular complexity index is 278. The maximum atomic E-state index is 5.78. The van der Waals surface area contributed by atoms with Gasteiger partial charge in [-0.05, 0) is 35.3 Å². The third kappa shape index (κ3) is 2.58. The number of hydrogen-bond acceptors (Lipinski definition) is 2. The van der Waals surface area contributed by atoms with Gasteiger partial charge in [-0.15, -0.1) is 0 Å². The van der Waals surface area contributed by atoms with Crippen molar-refractivity contribution in [1.29, 1.82) is 0 Å². The summed E-state index contributed by atoms with van der Waals surface area (Å²) < 4.78 is 6.45. The Morgan fingerprint density at radius 1 is 1.62 bits per heavy atom. The van der Waals surface area contributed by atoms with E-state index in [1.54, 1.807) is 6.26 Å². The molecule has 0 fully saturated rings. The quantitative estimate of drug-likeness (QED) is 0.890. The van der Waals surface area contributed by atoms with Gasteiger partial charge in [0.2, 0.25) is 0 Å². The summed E-state index contributed by atoms with van der Waals surface area (Å²) in [7, 11) is 0. The normalized spacial score (nSPS) is 14.5. The maximum absolute atomic E-state index is 5.78. The molecule has 1 unspecified atom stereocenters. The lowest BCUT2D eigenvalue weighted by Crippen LogP contribution is -2.28. The van der Waals surface area contributed by atoms with E-state index >= 15 is 0 Å². The summed E-state index contributed by atoms with van der Waals surface area (Å²) in [5.41, 5.74) is 5.77. The van der Waals surface area contributed by atoms with Gasteiger partial charge >= 0.3 is 0 Å². The van der Waals surface area contributed by atoms with Gasteiger partial charge in [0, 0.05) is 11.5 Å². The van der Waals surface area contributed by atoms with Crippen LogP contribution in [0.1, 0.15) is 33.0 Å². The highest BCUT2D eigenvalue weighted by molar-refractivity contribution is 9.10. The summed E-state index contributed by atoms with van der Waals surface area (Å²) in [5, 5.41) is 0. The molecule has 0 aliphatic rings. The highest BCUT2D eigenvalue weighted by Crippen LogP contribution is 2.34. The van der Waals surface area contributed by atoms with Crippen LogP contribution in [0.3, 0.4) is 0 Å². The molecule has 0 radical (unpaired) electrons. The molecule has 74 valence electrons. The Hall–Kier alpha value is -0.280. The van der Waals surface area contributed by atoms with Gasteiger partial charge in [0.05, 0.1) is 10.7 Å². The maximum Gasteiger partial charge on any atom is 0.123 e. The van der Waals surface area contributed by atoms with Crippen LogP contribution in [0, 0.1) is 0 Å². The molecule has 0 aliphatic heterocycles. The third-order valence-electron chi connectivity index (χ3n) is 2.06. The van der Waals surface area contributed by atoms with Crippen molar-refractivity contribution in [2.75, 3.05) is 0 Å². The largest absolute Gasteiger partial charge is 0.468 e. The van der Waals surface area contributed by atoms with Crippen LogP contribution in [0.25, 0.3) is 0 Å². The van der Waals surface area contributed by atoms with Gasteiger partial charge in [-0.25, -0.2) is 0 Å². The molecule has 0 bridgehead atoms. The van der Waals surface area contributed by atoms with Gasteiger partial charge in [-0.2, -0.15) is 0 Å². The van der Waals surface area contributed by atoms with Crippen LogP contribution < -0.4 is 5.73 Å². The van der Waals surface area contributed by atoms with Crippen LogP contribution in [0.2, 0.25) is 0 Å². The summed E-state index contributed by atoms with van der Waals surface area (Å²) in [6.45, 7) is 6.29. The standard InChI is InChI=1S/C10H16BrNO/c1-7(12)6-10(2,3)9-8(11)4-5-13-9/h4-5,7H,6,12H2,1-3H3. The molecule has 1 atom stereocenters. The molecule has 3 heteroatoms. The van der Waals surface area contributed by atoms with Crippen molar-refractivity contribution in [1.82, 2.24) is 0 Å². The van der Waals surface area contributed by atoms with E-state index in [2.05, 4.69) is 29.8 Å². The lowest BCUT2D eigenvalue weighted by molar-refractivity contribution is 0.344. The molecule has 0 saturated carbocycles. The minimum Gasteiger partial charge on any atom is -0.468 e. The van der Waals surface area contributed by atoms with Crippen LogP contribution in [0.4, 0.5) is 0 Å². The Labute approximate surface area is 87.6 Å². The Balaban J connectivity index is 2.87. The molecule has 2 nitrogen and oxygen atoms in total. The van der Waals surface area contributed by atoms with Crippen molar-refractivity contribution in [3.63, 3.8) is 0 Å². The molecule has 0 amide bonds. The van der Waals surface area contributed by atoms with Gasteiger partial charge in [-0.3, -0.25) is 0 Å². The second-order valence-electron chi connectivity index (χ2n) is 4.16. The summed E-state index contributed by atoms with van der Waals surface area (Å²) >= 11 is 3.46. The molecule has 1 aromatic heterocycles. The Kier molecular flexibility index (Phi) is 3.19. The molecular weight excluding hydrogens is 230 g/mol. The molecule has 2 N–H and O–H groups in total. The zero-order valence-corrected chi connectivity index (χ0v) is 9.89. The van der Waals surface area contributed by atoms with Crippen LogP contribution in [0.5, 0.6) is 0 Å². The fourth-order valence-electron chi connectivity index (χ4n) is 1.67. The predicted octanol–water partition coefficient (Wildman–Crippen LogP) is 3.06. The van der Waals surface area contributed by atoms with Gasteiger partial charge in [-0.1, -0.05) is 13.8 Å². The molecule has 0 aliphatic carbocycles. The van der Waals surface area contributed by atoms with Crippen molar-refractivity contribution in [2.45, 2.75) is 38.6 Å². The van der Waals surface area contributed by atoms with Crippen LogP contribution in [-0.2, 0) is 5.41 Å². The molecule has 1 heterocycles. The zero-order chi connectivity index (χ0) is 10.1. The van der Waals surface area contributed by atoms with Crippen molar-refractivity contribution in [3.8, 4) is 0 Å². The minimum atomic E-state index is -0.00347. The highest BCUT2D eigenvalue weighted by Gasteiger charge is 2.27. The number of halogens is 1. The van der Waals surface area contributed by atoms with Crippen molar-refractivity contribution in [3.05, 3.63) is 22.6 Å². The van der Waals surface area contributed by atoms with E-state index in [1.807, 2.05) is 13.0 Å². The number of hydrogen-bond donors (Lipinski definition) is 1. The second kappa shape index (κ2) is 3.84. The number of nitrogens with two attached hydrogens (primary N) is 1. The topological polar surface area (TPSA) is 39.2 Å². The van der Waals surface area contributed by atoms with E-state index in [4.69, 9.17) is 10.2 Å². The van der Waals surface area contributed by atoms with Gasteiger partial charge < -0.3 is 10.2 Å². The van der Waals surface area contributed by atoms with E-state index in [0.29, 0.717) is 0 Å². The fraction of sp³-hybridized carbons (Fsp3) is 0.600. The van der Waals surface area contributed by atoms with Crippen LogP contribution in [-0.4, -0.2) is 6.04 Å². The van der Waals surface area contributed by atoms with E-state index in [9.17, 15) is 0 Å². The first-order valence-corrected chi connectivity index (χ1v) is 5.22. The summed E-state index contributed by atoms with van der Waals surface area (Å²) in [6.07, 6.45) is 2.61. The van der Waals surface area contributed by atoms with E-state index in [0.717, 1.165) is 16.7 Å². The smallest absolute Gasteiger partial charge is 0.123 e. The third-order valence-corrected chi connectivity index (χ3v) is 2.69. The fourth-order valence-corrected chi connectivity index (χ4v) is 2.41. The second-order valence-corrected chi connectivity index (χ2v) is 5.02. The lowest BCUT2D eigenvalue weighted by Gasteiger charge is -2.24. The molecular formula is C10H16BrNO. The Morgan fingerprint density at radius 2 is 2.23 bits per heavy atom.